The Morgan fingerprint density at radius 1 is 1.39 bits per heavy atom. The first kappa shape index (κ1) is 13.1. The molecule has 1 aromatic heterocycles. The van der Waals surface area contributed by atoms with Gasteiger partial charge in [0.1, 0.15) is 5.82 Å². The van der Waals surface area contributed by atoms with Gasteiger partial charge >= 0.3 is 0 Å². The van der Waals surface area contributed by atoms with Crippen LogP contribution in [0.5, 0.6) is 0 Å². The Morgan fingerprint density at radius 3 is 2.83 bits per heavy atom. The van der Waals surface area contributed by atoms with Crippen LogP contribution in [0.4, 0.5) is 5.82 Å². The van der Waals surface area contributed by atoms with Crippen molar-refractivity contribution in [1.29, 1.82) is 0 Å². The maximum Gasteiger partial charge on any atom is 0.129 e. The number of rotatable bonds is 3. The van der Waals surface area contributed by atoms with Gasteiger partial charge in [-0.3, -0.25) is 0 Å². The van der Waals surface area contributed by atoms with E-state index in [9.17, 15) is 5.11 Å². The summed E-state index contributed by atoms with van der Waals surface area (Å²) in [5.41, 5.74) is 8.52. The summed E-state index contributed by atoms with van der Waals surface area (Å²) in [6.07, 6.45) is 1.57. The zero-order valence-corrected chi connectivity index (χ0v) is 11.7. The Kier molecular flexibility index (Phi) is 3.99. The normalized spacial score (nSPS) is 12.4. The highest BCUT2D eigenvalue weighted by atomic mass is 79.9. The Balaban J connectivity index is 2.25. The predicted molar refractivity (Wildman–Crippen MR) is 76.2 cm³/mol. The number of halogens is 1. The molecule has 0 bridgehead atoms. The lowest BCUT2D eigenvalue weighted by molar-refractivity contribution is 0.178. The molecule has 0 saturated carbocycles. The lowest BCUT2D eigenvalue weighted by Gasteiger charge is -2.14. The molecule has 18 heavy (non-hydrogen) atoms. The van der Waals surface area contributed by atoms with Crippen LogP contribution in [-0.4, -0.2) is 10.1 Å². The molecule has 2 rings (SSSR count). The molecule has 0 aliphatic heterocycles. The van der Waals surface area contributed by atoms with Crippen molar-refractivity contribution in [3.8, 4) is 0 Å². The van der Waals surface area contributed by atoms with E-state index >= 15 is 0 Å². The number of benzene rings is 1. The summed E-state index contributed by atoms with van der Waals surface area (Å²) in [5.74, 6) is 0.389. The molecular formula is C14H15BrN2O. The third kappa shape index (κ3) is 2.89. The van der Waals surface area contributed by atoms with Crippen LogP contribution >= 0.6 is 15.9 Å². The van der Waals surface area contributed by atoms with E-state index in [1.165, 1.54) is 0 Å². The van der Waals surface area contributed by atoms with Crippen molar-refractivity contribution >= 4 is 21.7 Å². The largest absolute Gasteiger partial charge is 0.388 e. The minimum absolute atomic E-state index is 0.389. The number of aromatic nitrogens is 1. The number of aliphatic hydroxyl groups is 1. The maximum atomic E-state index is 10.3. The Bertz CT molecular complexity index is 557. The van der Waals surface area contributed by atoms with Crippen molar-refractivity contribution in [2.24, 2.45) is 0 Å². The Labute approximate surface area is 115 Å². The molecule has 0 radical (unpaired) electrons. The smallest absolute Gasteiger partial charge is 0.129 e. The van der Waals surface area contributed by atoms with Gasteiger partial charge in [-0.25, -0.2) is 4.98 Å². The zero-order chi connectivity index (χ0) is 13.1. The number of anilines is 1. The van der Waals surface area contributed by atoms with Crippen LogP contribution in [0.3, 0.4) is 0 Å². The number of nitrogens with two attached hydrogens (primary N) is 1. The number of aryl methyl sites for hydroxylation is 1. The van der Waals surface area contributed by atoms with Crippen molar-refractivity contribution in [2.75, 3.05) is 5.73 Å². The first-order chi connectivity index (χ1) is 8.58. The fourth-order valence-electron chi connectivity index (χ4n) is 1.85. The summed E-state index contributed by atoms with van der Waals surface area (Å²) in [6, 6.07) is 9.71. The average Bonchev–Trinajstić information content (AvgIpc) is 2.35. The first-order valence-corrected chi connectivity index (χ1v) is 6.50. The monoisotopic (exact) mass is 306 g/mol. The molecule has 0 fully saturated rings. The minimum atomic E-state index is -0.643. The van der Waals surface area contributed by atoms with E-state index in [0.717, 1.165) is 15.6 Å². The highest BCUT2D eigenvalue weighted by Gasteiger charge is 2.14. The number of pyridine rings is 1. The number of hydrogen-bond donors (Lipinski definition) is 2. The molecule has 0 amide bonds. The van der Waals surface area contributed by atoms with Gasteiger partial charge in [0, 0.05) is 22.7 Å². The van der Waals surface area contributed by atoms with Gasteiger partial charge in [-0.15, -0.1) is 0 Å². The molecule has 1 heterocycles. The maximum absolute atomic E-state index is 10.3. The minimum Gasteiger partial charge on any atom is -0.388 e. The van der Waals surface area contributed by atoms with Crippen molar-refractivity contribution in [3.05, 3.63) is 57.7 Å². The summed E-state index contributed by atoms with van der Waals surface area (Å²) in [7, 11) is 0. The molecular weight excluding hydrogens is 292 g/mol. The fourth-order valence-corrected chi connectivity index (χ4v) is 2.30. The summed E-state index contributed by atoms with van der Waals surface area (Å²) in [4.78, 5) is 4.07. The molecule has 1 atom stereocenters. The van der Waals surface area contributed by atoms with Gasteiger partial charge in [-0.2, -0.15) is 0 Å². The molecule has 0 aliphatic rings. The van der Waals surface area contributed by atoms with Crippen LogP contribution in [-0.2, 0) is 6.42 Å². The molecule has 1 unspecified atom stereocenters. The van der Waals surface area contributed by atoms with Gasteiger partial charge in [0.15, 0.2) is 0 Å². The van der Waals surface area contributed by atoms with Gasteiger partial charge in [0.25, 0.3) is 0 Å². The average molecular weight is 307 g/mol. The highest BCUT2D eigenvalue weighted by molar-refractivity contribution is 9.10. The number of aliphatic hydroxyl groups excluding tert-OH is 1. The molecule has 0 saturated heterocycles. The van der Waals surface area contributed by atoms with E-state index in [0.29, 0.717) is 17.8 Å². The SMILES string of the molecule is Cc1cnc(N)c(C(O)Cc2ccccc2Br)c1. The number of nitrogen functional groups attached to an aromatic ring is 1. The first-order valence-electron chi connectivity index (χ1n) is 5.71. The summed E-state index contributed by atoms with van der Waals surface area (Å²) < 4.78 is 0.989. The van der Waals surface area contributed by atoms with Gasteiger partial charge < -0.3 is 10.8 Å². The van der Waals surface area contributed by atoms with Crippen molar-refractivity contribution in [2.45, 2.75) is 19.4 Å². The Hall–Kier alpha value is -1.39. The van der Waals surface area contributed by atoms with Crippen LogP contribution in [0.15, 0.2) is 41.0 Å². The second kappa shape index (κ2) is 5.50. The molecule has 0 spiro atoms. The number of hydrogen-bond acceptors (Lipinski definition) is 3. The zero-order valence-electron chi connectivity index (χ0n) is 10.1. The van der Waals surface area contributed by atoms with E-state index < -0.39 is 6.10 Å². The third-order valence-corrected chi connectivity index (χ3v) is 3.59. The van der Waals surface area contributed by atoms with E-state index in [-0.39, 0.29) is 0 Å². The van der Waals surface area contributed by atoms with Gasteiger partial charge in [0.2, 0.25) is 0 Å². The summed E-state index contributed by atoms with van der Waals surface area (Å²) in [6.45, 7) is 1.93. The molecule has 2 aromatic rings. The standard InChI is InChI=1S/C14H15BrN2O/c1-9-6-11(14(16)17-8-9)13(18)7-10-4-2-3-5-12(10)15/h2-6,8,13,18H,7H2,1H3,(H2,16,17). The van der Waals surface area contributed by atoms with Crippen molar-refractivity contribution in [3.63, 3.8) is 0 Å². The molecule has 0 aliphatic carbocycles. The van der Waals surface area contributed by atoms with Crippen LogP contribution in [0, 0.1) is 6.92 Å². The molecule has 4 heteroatoms. The molecule has 3 N–H and O–H groups in total. The lowest BCUT2D eigenvalue weighted by atomic mass is 10.0. The van der Waals surface area contributed by atoms with E-state index in [2.05, 4.69) is 20.9 Å². The summed E-state index contributed by atoms with van der Waals surface area (Å²) in [5, 5.41) is 10.3. The van der Waals surface area contributed by atoms with Crippen molar-refractivity contribution < 1.29 is 5.11 Å². The van der Waals surface area contributed by atoms with Gasteiger partial charge in [0.05, 0.1) is 6.10 Å². The van der Waals surface area contributed by atoms with E-state index in [1.54, 1.807) is 6.20 Å². The molecule has 1 aromatic carbocycles. The fraction of sp³-hybridized carbons (Fsp3) is 0.214. The lowest BCUT2D eigenvalue weighted by Crippen LogP contribution is -2.07. The van der Waals surface area contributed by atoms with Gasteiger partial charge in [-0.1, -0.05) is 34.1 Å². The second-order valence-corrected chi connectivity index (χ2v) is 5.15. The molecule has 3 nitrogen and oxygen atoms in total. The topological polar surface area (TPSA) is 59.1 Å². The summed E-state index contributed by atoms with van der Waals surface area (Å²) >= 11 is 3.47. The third-order valence-electron chi connectivity index (χ3n) is 2.82. The van der Waals surface area contributed by atoms with Crippen LogP contribution in [0.2, 0.25) is 0 Å². The quantitative estimate of drug-likeness (QED) is 0.916. The van der Waals surface area contributed by atoms with Crippen LogP contribution in [0.1, 0.15) is 22.8 Å². The van der Waals surface area contributed by atoms with E-state index in [1.807, 2.05) is 37.3 Å². The van der Waals surface area contributed by atoms with Crippen molar-refractivity contribution in [1.82, 2.24) is 4.98 Å². The second-order valence-electron chi connectivity index (χ2n) is 4.30. The number of nitrogens with zero attached hydrogens (tertiary/aromatic N) is 1. The van der Waals surface area contributed by atoms with Gasteiger partial charge in [-0.05, 0) is 30.2 Å². The van der Waals surface area contributed by atoms with Crippen LogP contribution < -0.4 is 5.73 Å². The van der Waals surface area contributed by atoms with Crippen LogP contribution in [0.25, 0.3) is 0 Å². The van der Waals surface area contributed by atoms with E-state index in [4.69, 9.17) is 5.73 Å². The predicted octanol–water partition coefficient (Wildman–Crippen LogP) is 3.01. The highest BCUT2D eigenvalue weighted by Crippen LogP contribution is 2.26. The Morgan fingerprint density at radius 2 is 2.11 bits per heavy atom. The molecule has 94 valence electrons.